The van der Waals surface area contributed by atoms with Crippen molar-refractivity contribution >= 4 is 15.9 Å². The summed E-state index contributed by atoms with van der Waals surface area (Å²) in [6.45, 7) is 4.53. The summed E-state index contributed by atoms with van der Waals surface area (Å²) in [4.78, 5) is 0. The van der Waals surface area contributed by atoms with E-state index in [0.717, 1.165) is 6.42 Å². The number of ether oxygens (including phenoxy) is 2. The Bertz CT molecular complexity index is 353. The molecule has 2 nitrogen and oxygen atoms in total. The van der Waals surface area contributed by atoms with Crippen LogP contribution in [0.1, 0.15) is 20.3 Å². The Labute approximate surface area is 104 Å². The van der Waals surface area contributed by atoms with Crippen molar-refractivity contribution < 1.29 is 13.9 Å². The molecule has 0 radical (unpaired) electrons. The SMILES string of the molecule is COC(C)(C)CCOc1ccc(F)c(Br)c1. The van der Waals surface area contributed by atoms with Crippen molar-refractivity contribution in [3.8, 4) is 5.75 Å². The maximum Gasteiger partial charge on any atom is 0.137 e. The van der Waals surface area contributed by atoms with Gasteiger partial charge in [0.25, 0.3) is 0 Å². The van der Waals surface area contributed by atoms with E-state index in [4.69, 9.17) is 9.47 Å². The lowest BCUT2D eigenvalue weighted by Crippen LogP contribution is -2.25. The van der Waals surface area contributed by atoms with Crippen molar-refractivity contribution in [1.29, 1.82) is 0 Å². The summed E-state index contributed by atoms with van der Waals surface area (Å²) in [5.41, 5.74) is -0.197. The summed E-state index contributed by atoms with van der Waals surface area (Å²) in [5, 5.41) is 0. The number of hydrogen-bond acceptors (Lipinski definition) is 2. The highest BCUT2D eigenvalue weighted by Gasteiger charge is 2.16. The van der Waals surface area contributed by atoms with E-state index >= 15 is 0 Å². The zero-order valence-electron chi connectivity index (χ0n) is 9.72. The lowest BCUT2D eigenvalue weighted by atomic mass is 10.1. The average Bonchev–Trinajstić information content (AvgIpc) is 2.23. The standard InChI is InChI=1S/C12H16BrFO2/c1-12(2,15-3)6-7-16-9-4-5-11(14)10(13)8-9/h4-5,8H,6-7H2,1-3H3. The van der Waals surface area contributed by atoms with Gasteiger partial charge in [-0.3, -0.25) is 0 Å². The number of benzene rings is 1. The Morgan fingerprint density at radius 1 is 1.38 bits per heavy atom. The molecule has 0 spiro atoms. The van der Waals surface area contributed by atoms with E-state index in [1.165, 1.54) is 6.07 Å². The van der Waals surface area contributed by atoms with Crippen LogP contribution in [0, 0.1) is 5.82 Å². The highest BCUT2D eigenvalue weighted by molar-refractivity contribution is 9.10. The fraction of sp³-hybridized carbons (Fsp3) is 0.500. The Kier molecular flexibility index (Phi) is 4.74. The number of methoxy groups -OCH3 is 1. The van der Waals surface area contributed by atoms with Gasteiger partial charge in [-0.15, -0.1) is 0 Å². The zero-order chi connectivity index (χ0) is 12.2. The van der Waals surface area contributed by atoms with E-state index < -0.39 is 0 Å². The Hall–Kier alpha value is -0.610. The molecule has 0 bridgehead atoms. The maximum absolute atomic E-state index is 12.9. The molecule has 0 aliphatic heterocycles. The van der Waals surface area contributed by atoms with Gasteiger partial charge in [-0.25, -0.2) is 4.39 Å². The van der Waals surface area contributed by atoms with Crippen molar-refractivity contribution in [2.75, 3.05) is 13.7 Å². The molecule has 4 heteroatoms. The highest BCUT2D eigenvalue weighted by atomic mass is 79.9. The van der Waals surface area contributed by atoms with Crippen LogP contribution >= 0.6 is 15.9 Å². The second kappa shape index (κ2) is 5.64. The summed E-state index contributed by atoms with van der Waals surface area (Å²) >= 11 is 3.11. The second-order valence-corrected chi connectivity index (χ2v) is 4.99. The molecule has 0 unspecified atom stereocenters. The van der Waals surface area contributed by atoms with Gasteiger partial charge in [-0.1, -0.05) is 0 Å². The third-order valence-electron chi connectivity index (χ3n) is 2.42. The van der Waals surface area contributed by atoms with Crippen molar-refractivity contribution in [2.24, 2.45) is 0 Å². The summed E-state index contributed by atoms with van der Waals surface area (Å²) < 4.78 is 24.1. The molecule has 1 rings (SSSR count). The molecular weight excluding hydrogens is 275 g/mol. The topological polar surface area (TPSA) is 18.5 Å². The molecule has 0 atom stereocenters. The molecule has 0 saturated heterocycles. The number of rotatable bonds is 5. The van der Waals surface area contributed by atoms with Crippen LogP contribution in [0.2, 0.25) is 0 Å². The average molecular weight is 291 g/mol. The van der Waals surface area contributed by atoms with Gasteiger partial charge < -0.3 is 9.47 Å². The van der Waals surface area contributed by atoms with Gasteiger partial charge in [0.2, 0.25) is 0 Å². The van der Waals surface area contributed by atoms with Crippen LogP contribution < -0.4 is 4.74 Å². The molecule has 0 aliphatic carbocycles. The van der Waals surface area contributed by atoms with Crippen LogP contribution in [0.25, 0.3) is 0 Å². The first-order chi connectivity index (χ1) is 7.44. The molecule has 1 aromatic carbocycles. The molecule has 0 N–H and O–H groups in total. The summed E-state index contributed by atoms with van der Waals surface area (Å²) in [5.74, 6) is 0.366. The second-order valence-electron chi connectivity index (χ2n) is 4.14. The predicted molar refractivity (Wildman–Crippen MR) is 65.3 cm³/mol. The van der Waals surface area contributed by atoms with Crippen molar-refractivity contribution in [2.45, 2.75) is 25.9 Å². The van der Waals surface area contributed by atoms with Crippen LogP contribution in [0.5, 0.6) is 5.75 Å². The monoisotopic (exact) mass is 290 g/mol. The van der Waals surface area contributed by atoms with Crippen LogP contribution in [-0.4, -0.2) is 19.3 Å². The van der Waals surface area contributed by atoms with Crippen molar-refractivity contribution in [3.05, 3.63) is 28.5 Å². The first-order valence-corrected chi connectivity index (χ1v) is 5.87. The first kappa shape index (κ1) is 13.5. The molecule has 1 aromatic rings. The quantitative estimate of drug-likeness (QED) is 0.822. The van der Waals surface area contributed by atoms with Crippen LogP contribution in [0.15, 0.2) is 22.7 Å². The molecular formula is C12H16BrFO2. The van der Waals surface area contributed by atoms with Gasteiger partial charge >= 0.3 is 0 Å². The molecule has 0 aromatic heterocycles. The number of halogens is 2. The van der Waals surface area contributed by atoms with E-state index in [9.17, 15) is 4.39 Å². The predicted octanol–water partition coefficient (Wildman–Crippen LogP) is 3.78. The van der Waals surface area contributed by atoms with E-state index in [2.05, 4.69) is 15.9 Å². The largest absolute Gasteiger partial charge is 0.493 e. The van der Waals surface area contributed by atoms with Crippen molar-refractivity contribution in [3.63, 3.8) is 0 Å². The fourth-order valence-corrected chi connectivity index (χ4v) is 1.44. The van der Waals surface area contributed by atoms with Gasteiger partial charge in [-0.05, 0) is 48.0 Å². The Balaban J connectivity index is 2.46. The zero-order valence-corrected chi connectivity index (χ0v) is 11.3. The third-order valence-corrected chi connectivity index (χ3v) is 3.02. The van der Waals surface area contributed by atoms with Crippen LogP contribution in [0.4, 0.5) is 4.39 Å². The Morgan fingerprint density at radius 2 is 2.06 bits per heavy atom. The highest BCUT2D eigenvalue weighted by Crippen LogP contribution is 2.22. The molecule has 0 amide bonds. The summed E-state index contributed by atoms with van der Waals surface area (Å²) in [6, 6.07) is 4.61. The third kappa shape index (κ3) is 4.10. The van der Waals surface area contributed by atoms with E-state index in [0.29, 0.717) is 16.8 Å². The number of hydrogen-bond donors (Lipinski definition) is 0. The van der Waals surface area contributed by atoms with E-state index in [1.54, 1.807) is 19.2 Å². The van der Waals surface area contributed by atoms with Gasteiger partial charge in [0.1, 0.15) is 11.6 Å². The first-order valence-electron chi connectivity index (χ1n) is 5.07. The summed E-state index contributed by atoms with van der Waals surface area (Å²) in [6.07, 6.45) is 0.776. The summed E-state index contributed by atoms with van der Waals surface area (Å²) in [7, 11) is 1.68. The maximum atomic E-state index is 12.9. The molecule has 90 valence electrons. The minimum absolute atomic E-state index is 0.197. The smallest absolute Gasteiger partial charge is 0.137 e. The Morgan fingerprint density at radius 3 is 2.62 bits per heavy atom. The van der Waals surface area contributed by atoms with Crippen LogP contribution in [0.3, 0.4) is 0 Å². The van der Waals surface area contributed by atoms with E-state index in [1.807, 2.05) is 13.8 Å². The molecule has 0 fully saturated rings. The van der Waals surface area contributed by atoms with Gasteiger partial charge in [0, 0.05) is 13.5 Å². The van der Waals surface area contributed by atoms with Gasteiger partial charge in [0.05, 0.1) is 16.7 Å². The van der Waals surface area contributed by atoms with Crippen molar-refractivity contribution in [1.82, 2.24) is 0 Å². The molecule has 16 heavy (non-hydrogen) atoms. The molecule has 0 aliphatic rings. The van der Waals surface area contributed by atoms with Gasteiger partial charge in [-0.2, -0.15) is 0 Å². The lowest BCUT2D eigenvalue weighted by Gasteiger charge is -2.22. The van der Waals surface area contributed by atoms with Gasteiger partial charge in [0.15, 0.2) is 0 Å². The minimum atomic E-state index is -0.287. The molecule has 0 heterocycles. The normalized spacial score (nSPS) is 11.6. The lowest BCUT2D eigenvalue weighted by molar-refractivity contribution is 0.00544. The fourth-order valence-electron chi connectivity index (χ4n) is 1.08. The van der Waals surface area contributed by atoms with Crippen LogP contribution in [-0.2, 0) is 4.74 Å². The minimum Gasteiger partial charge on any atom is -0.493 e. The molecule has 0 saturated carbocycles. The van der Waals surface area contributed by atoms with E-state index in [-0.39, 0.29) is 11.4 Å².